The Bertz CT molecular complexity index is 497. The molecule has 1 aliphatic heterocycles. The summed E-state index contributed by atoms with van der Waals surface area (Å²) in [6.45, 7) is 4.28. The molecule has 0 aliphatic carbocycles. The monoisotopic (exact) mass is 265 g/mol. The minimum absolute atomic E-state index is 0.648. The number of hydrogen-bond acceptors (Lipinski definition) is 5. The van der Waals surface area contributed by atoms with Gasteiger partial charge in [0.25, 0.3) is 0 Å². The summed E-state index contributed by atoms with van der Waals surface area (Å²) in [7, 11) is 0. The molecule has 1 fully saturated rings. The summed E-state index contributed by atoms with van der Waals surface area (Å²) in [5.74, 6) is 0.648. The summed E-state index contributed by atoms with van der Waals surface area (Å²) in [4.78, 5) is 9.24. The van der Waals surface area contributed by atoms with Crippen molar-refractivity contribution >= 4 is 22.7 Å². The van der Waals surface area contributed by atoms with Gasteiger partial charge in [-0.25, -0.2) is 9.97 Å². The van der Waals surface area contributed by atoms with Crippen molar-refractivity contribution in [3.05, 3.63) is 20.8 Å². The Balaban J connectivity index is 1.82. The van der Waals surface area contributed by atoms with Gasteiger partial charge in [-0.15, -0.1) is 22.7 Å². The summed E-state index contributed by atoms with van der Waals surface area (Å²) in [6.07, 6.45) is 2.42. The van der Waals surface area contributed by atoms with Crippen LogP contribution in [0.4, 0.5) is 0 Å². The number of aryl methyl sites for hydroxylation is 1. The fourth-order valence-corrected chi connectivity index (χ4v) is 3.73. The summed E-state index contributed by atoms with van der Waals surface area (Å²) in [6, 6.07) is 0. The van der Waals surface area contributed by atoms with E-state index in [9.17, 15) is 0 Å². The largest absolute Gasteiger partial charge is 0.317 e. The molecular weight excluding hydrogens is 250 g/mol. The summed E-state index contributed by atoms with van der Waals surface area (Å²) in [5, 5.41) is 10.0. The molecule has 0 radical (unpaired) electrons. The van der Waals surface area contributed by atoms with Crippen LogP contribution in [0.5, 0.6) is 0 Å². The van der Waals surface area contributed by atoms with Gasteiger partial charge in [-0.3, -0.25) is 0 Å². The molecule has 3 rings (SSSR count). The summed E-state index contributed by atoms with van der Waals surface area (Å²) < 4.78 is 0. The van der Waals surface area contributed by atoms with E-state index in [2.05, 4.69) is 21.1 Å². The number of hydrogen-bond donors (Lipinski definition) is 1. The van der Waals surface area contributed by atoms with Gasteiger partial charge in [-0.1, -0.05) is 0 Å². The van der Waals surface area contributed by atoms with Gasteiger partial charge in [-0.2, -0.15) is 0 Å². The van der Waals surface area contributed by atoms with Gasteiger partial charge in [0.2, 0.25) is 0 Å². The Labute approximate surface area is 109 Å². The smallest absolute Gasteiger partial charge is 0.101 e. The number of piperidine rings is 1. The fraction of sp³-hybridized carbons (Fsp3) is 0.500. The molecule has 3 nitrogen and oxygen atoms in total. The number of thiazole rings is 2. The van der Waals surface area contributed by atoms with E-state index in [1.54, 1.807) is 22.7 Å². The molecular formula is C12H15N3S2. The maximum Gasteiger partial charge on any atom is 0.101 e. The zero-order valence-electron chi connectivity index (χ0n) is 9.77. The van der Waals surface area contributed by atoms with E-state index in [0.717, 1.165) is 29.5 Å². The van der Waals surface area contributed by atoms with Crippen molar-refractivity contribution in [2.75, 3.05) is 13.1 Å². The van der Waals surface area contributed by atoms with Gasteiger partial charge >= 0.3 is 0 Å². The first-order valence-electron chi connectivity index (χ1n) is 5.91. The molecule has 2 aromatic rings. The summed E-state index contributed by atoms with van der Waals surface area (Å²) >= 11 is 3.47. The van der Waals surface area contributed by atoms with Gasteiger partial charge in [0, 0.05) is 16.7 Å². The van der Waals surface area contributed by atoms with Crippen LogP contribution in [0.25, 0.3) is 11.4 Å². The molecule has 0 spiro atoms. The molecule has 1 N–H and O–H groups in total. The third-order valence-electron chi connectivity index (χ3n) is 3.09. The van der Waals surface area contributed by atoms with Crippen molar-refractivity contribution in [2.45, 2.75) is 25.7 Å². The first-order valence-corrected chi connectivity index (χ1v) is 7.67. The zero-order chi connectivity index (χ0) is 11.7. The highest BCUT2D eigenvalue weighted by molar-refractivity contribution is 7.10. The Kier molecular flexibility index (Phi) is 3.22. The standard InChI is InChI=1S/C12H15N3S2/c1-8-14-10(6-16-8)11-7-17-12(15-11)9-2-4-13-5-3-9/h6-7,9,13H,2-5H2,1H3. The average molecular weight is 265 g/mol. The van der Waals surface area contributed by atoms with Crippen LogP contribution in [0.15, 0.2) is 10.8 Å². The van der Waals surface area contributed by atoms with Gasteiger partial charge in [0.15, 0.2) is 0 Å². The highest BCUT2D eigenvalue weighted by Gasteiger charge is 2.19. The van der Waals surface area contributed by atoms with Crippen LogP contribution >= 0.6 is 22.7 Å². The Morgan fingerprint density at radius 1 is 1.12 bits per heavy atom. The van der Waals surface area contributed by atoms with Crippen molar-refractivity contribution in [1.29, 1.82) is 0 Å². The van der Waals surface area contributed by atoms with E-state index >= 15 is 0 Å². The molecule has 1 saturated heterocycles. The van der Waals surface area contributed by atoms with Crippen LogP contribution in [0.3, 0.4) is 0 Å². The highest BCUT2D eigenvalue weighted by atomic mass is 32.1. The minimum Gasteiger partial charge on any atom is -0.317 e. The quantitative estimate of drug-likeness (QED) is 0.907. The SMILES string of the molecule is Cc1nc(-c2csc(C3CCNCC3)n2)cs1. The maximum atomic E-state index is 4.75. The van der Waals surface area contributed by atoms with E-state index in [1.165, 1.54) is 17.8 Å². The minimum atomic E-state index is 0.648. The molecule has 1 aliphatic rings. The molecule has 2 aromatic heterocycles. The number of nitrogens with one attached hydrogen (secondary N) is 1. The van der Waals surface area contributed by atoms with Crippen LogP contribution in [0.1, 0.15) is 28.8 Å². The van der Waals surface area contributed by atoms with Crippen molar-refractivity contribution in [3.8, 4) is 11.4 Å². The fourth-order valence-electron chi connectivity index (χ4n) is 2.14. The predicted octanol–water partition coefficient (Wildman–Crippen LogP) is 3.04. The third-order valence-corrected chi connectivity index (χ3v) is 4.87. The molecule has 3 heterocycles. The van der Waals surface area contributed by atoms with Crippen LogP contribution in [-0.4, -0.2) is 23.1 Å². The van der Waals surface area contributed by atoms with E-state index in [1.807, 2.05) is 6.92 Å². The molecule has 90 valence electrons. The normalized spacial score (nSPS) is 17.5. The van der Waals surface area contributed by atoms with E-state index in [0.29, 0.717) is 5.92 Å². The van der Waals surface area contributed by atoms with Gasteiger partial charge in [0.05, 0.1) is 10.0 Å². The van der Waals surface area contributed by atoms with Crippen molar-refractivity contribution in [2.24, 2.45) is 0 Å². The molecule has 0 bridgehead atoms. The van der Waals surface area contributed by atoms with Crippen molar-refractivity contribution in [3.63, 3.8) is 0 Å². The second-order valence-corrected chi connectivity index (χ2v) is 6.30. The zero-order valence-corrected chi connectivity index (χ0v) is 11.4. The van der Waals surface area contributed by atoms with Crippen LogP contribution in [0.2, 0.25) is 0 Å². The molecule has 0 aromatic carbocycles. The Morgan fingerprint density at radius 2 is 1.82 bits per heavy atom. The highest BCUT2D eigenvalue weighted by Crippen LogP contribution is 2.31. The van der Waals surface area contributed by atoms with Crippen molar-refractivity contribution < 1.29 is 0 Å². The van der Waals surface area contributed by atoms with Crippen LogP contribution < -0.4 is 5.32 Å². The molecule has 0 amide bonds. The lowest BCUT2D eigenvalue weighted by Crippen LogP contribution is -2.26. The topological polar surface area (TPSA) is 37.8 Å². The van der Waals surface area contributed by atoms with E-state index < -0.39 is 0 Å². The van der Waals surface area contributed by atoms with Gasteiger partial charge in [-0.05, 0) is 32.9 Å². The number of rotatable bonds is 2. The first-order chi connectivity index (χ1) is 8.33. The number of nitrogens with zero attached hydrogens (tertiary/aromatic N) is 2. The lowest BCUT2D eigenvalue weighted by molar-refractivity contribution is 0.459. The molecule has 0 atom stereocenters. The third kappa shape index (κ3) is 2.41. The second kappa shape index (κ2) is 4.84. The molecule has 5 heteroatoms. The second-order valence-electron chi connectivity index (χ2n) is 4.35. The van der Waals surface area contributed by atoms with Gasteiger partial charge < -0.3 is 5.32 Å². The Morgan fingerprint density at radius 3 is 2.53 bits per heavy atom. The summed E-state index contributed by atoms with van der Waals surface area (Å²) in [5.41, 5.74) is 2.08. The first kappa shape index (κ1) is 11.3. The van der Waals surface area contributed by atoms with Crippen LogP contribution in [-0.2, 0) is 0 Å². The Hall–Kier alpha value is -0.780. The number of aromatic nitrogens is 2. The van der Waals surface area contributed by atoms with Crippen molar-refractivity contribution in [1.82, 2.24) is 15.3 Å². The van der Waals surface area contributed by atoms with Gasteiger partial charge in [0.1, 0.15) is 11.4 Å². The van der Waals surface area contributed by atoms with E-state index in [-0.39, 0.29) is 0 Å². The van der Waals surface area contributed by atoms with E-state index in [4.69, 9.17) is 4.98 Å². The lowest BCUT2D eigenvalue weighted by Gasteiger charge is -2.20. The van der Waals surface area contributed by atoms with Crippen LogP contribution in [0, 0.1) is 6.92 Å². The predicted molar refractivity (Wildman–Crippen MR) is 72.8 cm³/mol. The molecule has 17 heavy (non-hydrogen) atoms. The maximum absolute atomic E-state index is 4.75. The molecule has 0 unspecified atom stereocenters. The average Bonchev–Trinajstić information content (AvgIpc) is 2.98. The molecule has 0 saturated carbocycles. The lowest BCUT2D eigenvalue weighted by atomic mass is 9.99.